The summed E-state index contributed by atoms with van der Waals surface area (Å²) in [5.41, 5.74) is 0. The Morgan fingerprint density at radius 2 is 1.36 bits per heavy atom. The van der Waals surface area contributed by atoms with Crippen molar-refractivity contribution < 1.29 is 28.6 Å². The summed E-state index contributed by atoms with van der Waals surface area (Å²) in [4.78, 5) is 34.1. The van der Waals surface area contributed by atoms with E-state index in [1.807, 2.05) is 20.8 Å². The van der Waals surface area contributed by atoms with Gasteiger partial charge in [0.25, 0.3) is 0 Å². The Bertz CT molecular complexity index is 387. The number of hydrogen-bond donors (Lipinski definition) is 2. The summed E-state index contributed by atoms with van der Waals surface area (Å²) in [5, 5.41) is 5.35. The van der Waals surface area contributed by atoms with Crippen molar-refractivity contribution in [3.05, 3.63) is 0 Å². The van der Waals surface area contributed by atoms with Gasteiger partial charge in [-0.1, -0.05) is 13.8 Å². The van der Waals surface area contributed by atoms with Crippen molar-refractivity contribution in [3.8, 4) is 0 Å². The molecule has 0 aromatic heterocycles. The molecular formula is C17H32N2O6. The fraction of sp³-hybridized carbons (Fsp3) is 0.824. The highest BCUT2D eigenvalue weighted by Crippen LogP contribution is 1.98. The van der Waals surface area contributed by atoms with E-state index in [1.165, 1.54) is 0 Å². The predicted octanol–water partition coefficient (Wildman–Crippen LogP) is 0.294. The van der Waals surface area contributed by atoms with Crippen molar-refractivity contribution >= 4 is 17.6 Å². The molecule has 0 saturated heterocycles. The van der Waals surface area contributed by atoms with E-state index in [0.717, 1.165) is 0 Å². The Morgan fingerprint density at radius 1 is 0.800 bits per heavy atom. The molecule has 0 rings (SSSR count). The maximum atomic E-state index is 11.5. The first-order chi connectivity index (χ1) is 12.0. The van der Waals surface area contributed by atoms with Crippen LogP contribution in [-0.4, -0.2) is 70.3 Å². The number of ketones is 1. The highest BCUT2D eigenvalue weighted by atomic mass is 16.5. The molecule has 0 aliphatic rings. The van der Waals surface area contributed by atoms with Crippen molar-refractivity contribution in [3.63, 3.8) is 0 Å². The van der Waals surface area contributed by atoms with Gasteiger partial charge in [-0.2, -0.15) is 0 Å². The van der Waals surface area contributed by atoms with Crippen LogP contribution in [0.4, 0.5) is 0 Å². The first-order valence-corrected chi connectivity index (χ1v) is 8.76. The second-order valence-electron chi connectivity index (χ2n) is 5.68. The molecule has 0 heterocycles. The Morgan fingerprint density at radius 3 is 1.92 bits per heavy atom. The van der Waals surface area contributed by atoms with Gasteiger partial charge in [-0.3, -0.25) is 14.4 Å². The van der Waals surface area contributed by atoms with Crippen LogP contribution in [0.15, 0.2) is 0 Å². The maximum Gasteiger partial charge on any atom is 0.246 e. The second kappa shape index (κ2) is 16.0. The number of Topliss-reactive ketones (excluding diaryl/α,β-unsaturated/α-hetero) is 1. The number of amides is 2. The van der Waals surface area contributed by atoms with E-state index in [9.17, 15) is 14.4 Å². The average Bonchev–Trinajstić information content (AvgIpc) is 2.58. The van der Waals surface area contributed by atoms with Crippen molar-refractivity contribution in [2.24, 2.45) is 5.92 Å². The molecule has 0 aromatic carbocycles. The lowest BCUT2D eigenvalue weighted by atomic mass is 10.1. The van der Waals surface area contributed by atoms with Crippen molar-refractivity contribution in [2.75, 3.05) is 52.7 Å². The zero-order valence-corrected chi connectivity index (χ0v) is 15.6. The van der Waals surface area contributed by atoms with Gasteiger partial charge in [0.2, 0.25) is 11.8 Å². The molecule has 0 aliphatic heterocycles. The molecule has 8 heteroatoms. The van der Waals surface area contributed by atoms with Gasteiger partial charge in [-0.15, -0.1) is 0 Å². The molecule has 0 radical (unpaired) electrons. The number of ether oxygens (including phenoxy) is 3. The van der Waals surface area contributed by atoms with Crippen LogP contribution in [0.1, 0.15) is 33.6 Å². The van der Waals surface area contributed by atoms with E-state index in [-0.39, 0.29) is 43.2 Å². The van der Waals surface area contributed by atoms with Crippen molar-refractivity contribution in [1.29, 1.82) is 0 Å². The van der Waals surface area contributed by atoms with E-state index < -0.39 is 0 Å². The lowest BCUT2D eigenvalue weighted by Crippen LogP contribution is -2.31. The Hall–Kier alpha value is -1.51. The van der Waals surface area contributed by atoms with Crippen LogP contribution in [0.5, 0.6) is 0 Å². The van der Waals surface area contributed by atoms with Crippen molar-refractivity contribution in [1.82, 2.24) is 10.6 Å². The van der Waals surface area contributed by atoms with Crippen LogP contribution >= 0.6 is 0 Å². The summed E-state index contributed by atoms with van der Waals surface area (Å²) in [6.07, 6.45) is 0.652. The lowest BCUT2D eigenvalue weighted by Gasteiger charge is -2.08. The molecule has 0 aromatic rings. The molecule has 2 amide bonds. The Balaban J connectivity index is 3.36. The Labute approximate surface area is 150 Å². The van der Waals surface area contributed by atoms with Crippen LogP contribution < -0.4 is 10.6 Å². The van der Waals surface area contributed by atoms with Gasteiger partial charge in [0.15, 0.2) is 0 Å². The largest absolute Gasteiger partial charge is 0.379 e. The number of rotatable bonds is 16. The quantitative estimate of drug-likeness (QED) is 0.384. The molecule has 0 spiro atoms. The highest BCUT2D eigenvalue weighted by Gasteiger charge is 2.06. The molecule has 0 atom stereocenters. The van der Waals surface area contributed by atoms with Gasteiger partial charge in [-0.25, -0.2) is 0 Å². The van der Waals surface area contributed by atoms with Gasteiger partial charge in [0, 0.05) is 38.5 Å². The summed E-state index contributed by atoms with van der Waals surface area (Å²) in [5.74, 6) is -0.0999. The number of carbonyl (C=O) groups excluding carboxylic acids is 3. The second-order valence-corrected chi connectivity index (χ2v) is 5.68. The minimum Gasteiger partial charge on any atom is -0.379 e. The van der Waals surface area contributed by atoms with Crippen molar-refractivity contribution in [2.45, 2.75) is 33.6 Å². The third kappa shape index (κ3) is 15.7. The van der Waals surface area contributed by atoms with Crippen LogP contribution in [0.25, 0.3) is 0 Å². The topological polar surface area (TPSA) is 103 Å². The summed E-state index contributed by atoms with van der Waals surface area (Å²) in [6.45, 7) is 8.27. The summed E-state index contributed by atoms with van der Waals surface area (Å²) >= 11 is 0. The zero-order valence-electron chi connectivity index (χ0n) is 15.6. The molecule has 0 unspecified atom stereocenters. The van der Waals surface area contributed by atoms with Crippen LogP contribution in [0, 0.1) is 5.92 Å². The third-order valence-corrected chi connectivity index (χ3v) is 3.18. The van der Waals surface area contributed by atoms with Crippen LogP contribution in [-0.2, 0) is 28.6 Å². The smallest absolute Gasteiger partial charge is 0.246 e. The molecular weight excluding hydrogens is 328 g/mol. The first kappa shape index (κ1) is 23.5. The molecule has 8 nitrogen and oxygen atoms in total. The minimum absolute atomic E-state index is 0.0290. The average molecular weight is 360 g/mol. The Kier molecular flexibility index (Phi) is 15.0. The maximum absolute atomic E-state index is 11.5. The van der Waals surface area contributed by atoms with Gasteiger partial charge in [0.05, 0.1) is 26.4 Å². The number of hydrogen-bond acceptors (Lipinski definition) is 6. The van der Waals surface area contributed by atoms with E-state index >= 15 is 0 Å². The standard InChI is InChI=1S/C17H32N2O6/c1-4-23-13-17(22)19-8-12-25-10-6-16(21)18-7-11-24-9-5-15(20)14(2)3/h14H,4-13H2,1-3H3,(H,18,21)(H,19,22). The van der Waals surface area contributed by atoms with Gasteiger partial charge in [-0.05, 0) is 6.92 Å². The summed E-state index contributed by atoms with van der Waals surface area (Å²) in [7, 11) is 0. The van der Waals surface area contributed by atoms with Gasteiger partial charge < -0.3 is 24.8 Å². The molecule has 146 valence electrons. The third-order valence-electron chi connectivity index (χ3n) is 3.18. The zero-order chi connectivity index (χ0) is 18.9. The fourth-order valence-corrected chi connectivity index (χ4v) is 1.69. The first-order valence-electron chi connectivity index (χ1n) is 8.76. The molecule has 0 bridgehead atoms. The molecule has 2 N–H and O–H groups in total. The van der Waals surface area contributed by atoms with Gasteiger partial charge in [0.1, 0.15) is 12.4 Å². The molecule has 0 saturated carbocycles. The van der Waals surface area contributed by atoms with Gasteiger partial charge >= 0.3 is 0 Å². The van der Waals surface area contributed by atoms with Crippen LogP contribution in [0.2, 0.25) is 0 Å². The molecule has 25 heavy (non-hydrogen) atoms. The molecule has 0 aliphatic carbocycles. The minimum atomic E-state index is -0.182. The highest BCUT2D eigenvalue weighted by molar-refractivity contribution is 5.80. The predicted molar refractivity (Wildman–Crippen MR) is 93.2 cm³/mol. The monoisotopic (exact) mass is 360 g/mol. The fourth-order valence-electron chi connectivity index (χ4n) is 1.69. The van der Waals surface area contributed by atoms with E-state index in [2.05, 4.69) is 10.6 Å². The number of carbonyl (C=O) groups is 3. The number of nitrogens with one attached hydrogen (secondary N) is 2. The van der Waals surface area contributed by atoms with E-state index in [1.54, 1.807) is 0 Å². The normalized spacial score (nSPS) is 10.7. The van der Waals surface area contributed by atoms with E-state index in [4.69, 9.17) is 14.2 Å². The van der Waals surface area contributed by atoms with E-state index in [0.29, 0.717) is 45.9 Å². The van der Waals surface area contributed by atoms with Crippen LogP contribution in [0.3, 0.4) is 0 Å². The SMILES string of the molecule is CCOCC(=O)NCCOCCC(=O)NCCOCCC(=O)C(C)C. The summed E-state index contributed by atoms with van der Waals surface area (Å²) < 4.78 is 15.5. The molecule has 0 fully saturated rings. The summed E-state index contributed by atoms with van der Waals surface area (Å²) in [6, 6.07) is 0. The lowest BCUT2D eigenvalue weighted by molar-refractivity contribution is -0.126.